The molecular formula is C26H41N3O7. The van der Waals surface area contributed by atoms with Crippen LogP contribution in [0.15, 0.2) is 30.3 Å². The van der Waals surface area contributed by atoms with E-state index in [0.717, 1.165) is 12.0 Å². The molecule has 3 amide bonds. The van der Waals surface area contributed by atoms with E-state index in [2.05, 4.69) is 16.0 Å². The molecule has 0 aliphatic rings. The van der Waals surface area contributed by atoms with Crippen molar-refractivity contribution in [3.05, 3.63) is 35.9 Å². The Balaban J connectivity index is 2.85. The molecule has 0 heterocycles. The third-order valence-electron chi connectivity index (χ3n) is 5.73. The molecule has 0 aliphatic carbocycles. The highest BCUT2D eigenvalue weighted by atomic mass is 16.5. The summed E-state index contributed by atoms with van der Waals surface area (Å²) in [5.74, 6) is -2.85. The Labute approximate surface area is 213 Å². The van der Waals surface area contributed by atoms with Crippen LogP contribution in [0.1, 0.15) is 65.9 Å². The molecule has 1 rings (SSSR count). The van der Waals surface area contributed by atoms with E-state index in [-0.39, 0.29) is 18.4 Å². The van der Waals surface area contributed by atoms with Gasteiger partial charge in [-0.1, -0.05) is 77.8 Å². The molecule has 5 N–H and O–H groups in total. The van der Waals surface area contributed by atoms with Gasteiger partial charge in [-0.3, -0.25) is 14.4 Å². The predicted octanol–water partition coefficient (Wildman–Crippen LogP) is 2.59. The molecule has 0 aliphatic heterocycles. The van der Waals surface area contributed by atoms with Crippen molar-refractivity contribution in [3.8, 4) is 0 Å². The molecule has 0 fully saturated rings. The van der Waals surface area contributed by atoms with Crippen LogP contribution in [0.25, 0.3) is 0 Å². The van der Waals surface area contributed by atoms with Crippen LogP contribution in [0, 0.1) is 11.8 Å². The highest BCUT2D eigenvalue weighted by molar-refractivity contribution is 5.91. The summed E-state index contributed by atoms with van der Waals surface area (Å²) in [7, 11) is 0. The second-order valence-corrected chi connectivity index (χ2v) is 9.58. The van der Waals surface area contributed by atoms with Gasteiger partial charge in [-0.15, -0.1) is 0 Å². The fourth-order valence-corrected chi connectivity index (χ4v) is 3.58. The van der Waals surface area contributed by atoms with Gasteiger partial charge in [0, 0.05) is 0 Å². The standard InChI is InChI=1S/C26H41N3O7/c1-6-7-13-19(20(30)14-21(31)32)27-24(33)22(16(2)3)28-25(34)23(17(4)5)29-26(35)36-15-18-11-9-8-10-12-18/h8-12,16-17,19-20,22-23,30H,6-7,13-15H2,1-5H3,(H,27,33)(H,28,34)(H,29,35)(H,31,32)/t19?,20?,22-,23+/m0/s1. The van der Waals surface area contributed by atoms with E-state index in [4.69, 9.17) is 9.84 Å². The zero-order chi connectivity index (χ0) is 27.3. The molecule has 10 nitrogen and oxygen atoms in total. The van der Waals surface area contributed by atoms with E-state index in [1.54, 1.807) is 27.7 Å². The second-order valence-electron chi connectivity index (χ2n) is 9.58. The van der Waals surface area contributed by atoms with E-state index in [1.807, 2.05) is 37.3 Å². The maximum atomic E-state index is 13.1. The number of aliphatic hydroxyl groups is 1. The number of ether oxygens (including phenoxy) is 1. The lowest BCUT2D eigenvalue weighted by Crippen LogP contribution is -2.58. The minimum absolute atomic E-state index is 0.0496. The van der Waals surface area contributed by atoms with Crippen LogP contribution in [0.4, 0.5) is 4.79 Å². The van der Waals surface area contributed by atoms with Gasteiger partial charge in [0.15, 0.2) is 0 Å². The van der Waals surface area contributed by atoms with Gasteiger partial charge in [0.2, 0.25) is 11.8 Å². The number of carboxylic acids is 1. The van der Waals surface area contributed by atoms with Gasteiger partial charge in [-0.05, 0) is 23.8 Å². The topological polar surface area (TPSA) is 154 Å². The zero-order valence-corrected chi connectivity index (χ0v) is 21.8. The maximum Gasteiger partial charge on any atom is 0.408 e. The largest absolute Gasteiger partial charge is 0.481 e. The van der Waals surface area contributed by atoms with Crippen LogP contribution in [0.2, 0.25) is 0 Å². The van der Waals surface area contributed by atoms with Crippen molar-refractivity contribution in [1.29, 1.82) is 0 Å². The van der Waals surface area contributed by atoms with Crippen molar-refractivity contribution in [1.82, 2.24) is 16.0 Å². The summed E-state index contributed by atoms with van der Waals surface area (Å²) < 4.78 is 5.22. The van der Waals surface area contributed by atoms with Gasteiger partial charge in [0.05, 0.1) is 18.6 Å². The number of hydrogen-bond acceptors (Lipinski definition) is 6. The number of rotatable bonds is 15. The predicted molar refractivity (Wildman–Crippen MR) is 135 cm³/mol. The molecule has 0 spiro atoms. The van der Waals surface area contributed by atoms with E-state index >= 15 is 0 Å². The summed E-state index contributed by atoms with van der Waals surface area (Å²) in [5.41, 5.74) is 0.803. The minimum atomic E-state index is -1.26. The number of carboxylic acid groups (broad SMARTS) is 1. The monoisotopic (exact) mass is 507 g/mol. The number of carbonyl (C=O) groups excluding carboxylic acids is 3. The second kappa shape index (κ2) is 15.8. The number of carbonyl (C=O) groups is 4. The quantitative estimate of drug-likeness (QED) is 0.244. The first kappa shape index (κ1) is 30.9. The van der Waals surface area contributed by atoms with Gasteiger partial charge >= 0.3 is 12.1 Å². The minimum Gasteiger partial charge on any atom is -0.481 e. The van der Waals surface area contributed by atoms with Gasteiger partial charge in [-0.2, -0.15) is 0 Å². The molecule has 0 saturated carbocycles. The van der Waals surface area contributed by atoms with E-state index in [9.17, 15) is 24.3 Å². The lowest BCUT2D eigenvalue weighted by Gasteiger charge is -2.29. The Hall–Kier alpha value is -3.14. The normalized spacial score (nSPS) is 14.4. The summed E-state index contributed by atoms with van der Waals surface area (Å²) in [5, 5.41) is 27.3. The molecule has 2 unspecified atom stereocenters. The molecule has 1 aromatic rings. The van der Waals surface area contributed by atoms with Crippen LogP contribution < -0.4 is 16.0 Å². The smallest absolute Gasteiger partial charge is 0.408 e. The Kier molecular flexibility index (Phi) is 13.5. The summed E-state index contributed by atoms with van der Waals surface area (Å²) in [4.78, 5) is 49.5. The number of benzene rings is 1. The first-order valence-electron chi connectivity index (χ1n) is 12.4. The van der Waals surface area contributed by atoms with Crippen molar-refractivity contribution < 1.29 is 34.1 Å². The number of hydrogen-bond donors (Lipinski definition) is 5. The Morgan fingerprint density at radius 1 is 0.889 bits per heavy atom. The molecule has 0 aromatic heterocycles. The first-order valence-corrected chi connectivity index (χ1v) is 12.4. The average molecular weight is 508 g/mol. The summed E-state index contributed by atoms with van der Waals surface area (Å²) in [6.07, 6.45) is -0.624. The van der Waals surface area contributed by atoms with Crippen LogP contribution in [-0.2, 0) is 25.7 Å². The fraction of sp³-hybridized carbons (Fsp3) is 0.615. The Bertz CT molecular complexity index is 845. The van der Waals surface area contributed by atoms with Crippen molar-refractivity contribution in [2.24, 2.45) is 11.8 Å². The molecule has 0 bridgehead atoms. The molecule has 0 radical (unpaired) electrons. The van der Waals surface area contributed by atoms with Crippen LogP contribution in [0.5, 0.6) is 0 Å². The van der Waals surface area contributed by atoms with Gasteiger partial charge in [-0.25, -0.2) is 4.79 Å². The zero-order valence-electron chi connectivity index (χ0n) is 21.8. The van der Waals surface area contributed by atoms with Gasteiger partial charge < -0.3 is 30.9 Å². The number of aliphatic carboxylic acids is 1. The number of alkyl carbamates (subject to hydrolysis) is 1. The molecule has 10 heteroatoms. The lowest BCUT2D eigenvalue weighted by molar-refractivity contribution is -0.140. The summed E-state index contributed by atoms with van der Waals surface area (Å²) >= 11 is 0. The number of aliphatic hydroxyl groups excluding tert-OH is 1. The highest BCUT2D eigenvalue weighted by Crippen LogP contribution is 2.12. The van der Waals surface area contributed by atoms with E-state index < -0.39 is 54.5 Å². The average Bonchev–Trinajstić information content (AvgIpc) is 2.81. The van der Waals surface area contributed by atoms with E-state index in [0.29, 0.717) is 12.8 Å². The molecular weight excluding hydrogens is 466 g/mol. The van der Waals surface area contributed by atoms with E-state index in [1.165, 1.54) is 0 Å². The van der Waals surface area contributed by atoms with Crippen molar-refractivity contribution in [2.45, 2.75) is 91.1 Å². The highest BCUT2D eigenvalue weighted by Gasteiger charge is 2.33. The van der Waals surface area contributed by atoms with Crippen LogP contribution in [-0.4, -0.2) is 58.3 Å². The Morgan fingerprint density at radius 3 is 1.97 bits per heavy atom. The van der Waals surface area contributed by atoms with Crippen LogP contribution in [0.3, 0.4) is 0 Å². The van der Waals surface area contributed by atoms with Crippen LogP contribution >= 0.6 is 0 Å². The molecule has 36 heavy (non-hydrogen) atoms. The molecule has 1 aromatic carbocycles. The van der Waals surface area contributed by atoms with Crippen molar-refractivity contribution >= 4 is 23.9 Å². The lowest BCUT2D eigenvalue weighted by atomic mass is 9.97. The SMILES string of the molecule is CCCCC(NC(=O)[C@@H](NC(=O)[C@H](NC(=O)OCc1ccccc1)C(C)C)C(C)C)C(O)CC(=O)O. The molecule has 4 atom stereocenters. The van der Waals surface area contributed by atoms with Crippen molar-refractivity contribution in [2.75, 3.05) is 0 Å². The maximum absolute atomic E-state index is 13.1. The number of nitrogens with one attached hydrogen (secondary N) is 3. The third kappa shape index (κ3) is 11.1. The summed E-state index contributed by atoms with van der Waals surface area (Å²) in [6, 6.07) is 6.45. The first-order chi connectivity index (χ1) is 17.0. The summed E-state index contributed by atoms with van der Waals surface area (Å²) in [6.45, 7) is 9.03. The molecule has 0 saturated heterocycles. The number of unbranched alkanes of at least 4 members (excludes halogenated alkanes) is 1. The molecule has 202 valence electrons. The number of amides is 3. The fourth-order valence-electron chi connectivity index (χ4n) is 3.58. The Morgan fingerprint density at radius 2 is 1.44 bits per heavy atom. The van der Waals surface area contributed by atoms with Gasteiger partial charge in [0.25, 0.3) is 0 Å². The van der Waals surface area contributed by atoms with Crippen molar-refractivity contribution in [3.63, 3.8) is 0 Å². The third-order valence-corrected chi connectivity index (χ3v) is 5.73. The van der Waals surface area contributed by atoms with Gasteiger partial charge in [0.1, 0.15) is 18.7 Å².